The molecule has 1 aromatic carbocycles. The number of nitrogens with one attached hydrogen (secondary N) is 1. The average Bonchev–Trinajstić information content (AvgIpc) is 2.68. The maximum absolute atomic E-state index is 12.5. The highest BCUT2D eigenvalue weighted by Crippen LogP contribution is 2.22. The van der Waals surface area contributed by atoms with Gasteiger partial charge >= 0.3 is 6.03 Å². The van der Waals surface area contributed by atoms with Gasteiger partial charge in [0.1, 0.15) is 0 Å². The van der Waals surface area contributed by atoms with Gasteiger partial charge in [0.05, 0.1) is 22.7 Å². The Labute approximate surface area is 156 Å². The van der Waals surface area contributed by atoms with E-state index in [1.165, 1.54) is 0 Å². The number of ether oxygens (including phenoxy) is 1. The van der Waals surface area contributed by atoms with Crippen LogP contribution in [0, 0.1) is 0 Å². The van der Waals surface area contributed by atoms with E-state index in [2.05, 4.69) is 5.32 Å². The number of hydrogen-bond donors (Lipinski definition) is 1. The molecule has 1 aliphatic rings. The van der Waals surface area contributed by atoms with Crippen LogP contribution in [0.1, 0.15) is 46.6 Å². The lowest BCUT2D eigenvalue weighted by Crippen LogP contribution is -2.38. The van der Waals surface area contributed by atoms with Gasteiger partial charge in [-0.15, -0.1) is 0 Å². The summed E-state index contributed by atoms with van der Waals surface area (Å²) in [4.78, 5) is 14.2. The molecule has 1 aliphatic heterocycles. The van der Waals surface area contributed by atoms with Crippen LogP contribution in [0.2, 0.25) is 0 Å². The number of anilines is 1. The molecular formula is C19H30N2O4S. The predicted molar refractivity (Wildman–Crippen MR) is 104 cm³/mol. The number of amides is 2. The summed E-state index contributed by atoms with van der Waals surface area (Å²) < 4.78 is 29.5. The van der Waals surface area contributed by atoms with Gasteiger partial charge in [-0.25, -0.2) is 13.2 Å². The molecule has 1 heterocycles. The summed E-state index contributed by atoms with van der Waals surface area (Å²) in [7, 11) is -3.23. The van der Waals surface area contributed by atoms with Crippen molar-refractivity contribution in [3.05, 3.63) is 29.8 Å². The molecule has 0 radical (unpaired) electrons. The first kappa shape index (κ1) is 20.7. The third kappa shape index (κ3) is 5.45. The number of sulfone groups is 1. The molecule has 6 nitrogen and oxygen atoms in total. The van der Waals surface area contributed by atoms with Gasteiger partial charge in [0.25, 0.3) is 0 Å². The Hall–Kier alpha value is -1.60. The topological polar surface area (TPSA) is 75.7 Å². The first-order valence-corrected chi connectivity index (χ1v) is 10.7. The highest BCUT2D eigenvalue weighted by Gasteiger charge is 2.29. The Morgan fingerprint density at radius 3 is 2.38 bits per heavy atom. The highest BCUT2D eigenvalue weighted by molar-refractivity contribution is 7.91. The molecule has 0 aliphatic carbocycles. The molecule has 0 saturated carbocycles. The zero-order valence-corrected chi connectivity index (χ0v) is 17.1. The number of benzene rings is 1. The van der Waals surface area contributed by atoms with Crippen molar-refractivity contribution in [1.82, 2.24) is 4.90 Å². The third-order valence-electron chi connectivity index (χ3n) is 4.53. The summed E-state index contributed by atoms with van der Waals surface area (Å²) in [6.07, 6.45) is 0.955. The fourth-order valence-electron chi connectivity index (χ4n) is 2.75. The van der Waals surface area contributed by atoms with E-state index >= 15 is 0 Å². The van der Waals surface area contributed by atoms with Crippen LogP contribution < -0.4 is 5.32 Å². The molecule has 0 aromatic heterocycles. The molecular weight excluding hydrogens is 352 g/mol. The van der Waals surface area contributed by atoms with E-state index in [1.807, 2.05) is 13.8 Å². The molecule has 2 atom stereocenters. The normalized spacial score (nSPS) is 22.0. The Morgan fingerprint density at radius 1 is 1.19 bits per heavy atom. The van der Waals surface area contributed by atoms with Crippen LogP contribution in [-0.2, 0) is 20.3 Å². The summed E-state index contributed by atoms with van der Waals surface area (Å²) in [6, 6.07) is 6.81. The van der Waals surface area contributed by atoms with Crippen LogP contribution in [0.5, 0.6) is 0 Å². The van der Waals surface area contributed by atoms with Crippen LogP contribution in [0.3, 0.4) is 0 Å². The summed E-state index contributed by atoms with van der Waals surface area (Å²) in [6.45, 7) is 10.3. The fraction of sp³-hybridized carbons (Fsp3) is 0.632. The van der Waals surface area contributed by atoms with E-state index in [-0.39, 0.29) is 24.0 Å². The SMILES string of the molecule is C[C@@H]1CCN(C(=O)Nc2ccc(CS(=O)(=O)C(C)(C)C)cc2)C[C@H](C)O1. The van der Waals surface area contributed by atoms with Crippen LogP contribution in [0.15, 0.2) is 24.3 Å². The van der Waals surface area contributed by atoms with Crippen molar-refractivity contribution < 1.29 is 17.9 Å². The molecule has 0 unspecified atom stereocenters. The Balaban J connectivity index is 1.99. The second-order valence-corrected chi connectivity index (χ2v) is 10.7. The quantitative estimate of drug-likeness (QED) is 0.869. The monoisotopic (exact) mass is 382 g/mol. The second-order valence-electron chi connectivity index (χ2n) is 7.99. The third-order valence-corrected chi connectivity index (χ3v) is 7.11. The van der Waals surface area contributed by atoms with Crippen LogP contribution in [0.4, 0.5) is 10.5 Å². The molecule has 146 valence electrons. The van der Waals surface area contributed by atoms with Crippen molar-refractivity contribution in [1.29, 1.82) is 0 Å². The van der Waals surface area contributed by atoms with Crippen molar-refractivity contribution in [2.45, 2.75) is 63.7 Å². The largest absolute Gasteiger partial charge is 0.374 e. The number of carbonyl (C=O) groups is 1. The van der Waals surface area contributed by atoms with E-state index in [0.29, 0.717) is 24.3 Å². The van der Waals surface area contributed by atoms with Gasteiger partial charge in [0.2, 0.25) is 0 Å². The average molecular weight is 383 g/mol. The molecule has 0 spiro atoms. The minimum atomic E-state index is -3.23. The Bertz CT molecular complexity index is 723. The standard InChI is InChI=1S/C19H30N2O4S/c1-14-10-11-21(12-15(2)25-14)18(22)20-17-8-6-16(7-9-17)13-26(23,24)19(3,4)5/h6-9,14-15H,10-13H2,1-5H3,(H,20,22)/t14-,15+/m1/s1. The second kappa shape index (κ2) is 7.96. The number of hydrogen-bond acceptors (Lipinski definition) is 4. The molecule has 7 heteroatoms. The van der Waals surface area contributed by atoms with Crippen LogP contribution in [-0.4, -0.2) is 49.4 Å². The summed E-state index contributed by atoms with van der Waals surface area (Å²) in [5.74, 6) is -0.0103. The molecule has 1 N–H and O–H groups in total. The van der Waals surface area contributed by atoms with Gasteiger partial charge < -0.3 is 15.0 Å². The smallest absolute Gasteiger partial charge is 0.321 e. The Morgan fingerprint density at radius 2 is 1.81 bits per heavy atom. The molecule has 2 amide bonds. The molecule has 1 aromatic rings. The van der Waals surface area contributed by atoms with Crippen molar-refractivity contribution in [3.8, 4) is 0 Å². The van der Waals surface area contributed by atoms with Gasteiger partial charge in [0, 0.05) is 18.8 Å². The van der Waals surface area contributed by atoms with Crippen LogP contribution >= 0.6 is 0 Å². The number of carbonyl (C=O) groups excluding carboxylic acids is 1. The van der Waals surface area contributed by atoms with Gasteiger partial charge in [-0.05, 0) is 58.7 Å². The van der Waals surface area contributed by atoms with E-state index < -0.39 is 14.6 Å². The molecule has 2 rings (SSSR count). The highest BCUT2D eigenvalue weighted by atomic mass is 32.2. The summed E-state index contributed by atoms with van der Waals surface area (Å²) in [5, 5.41) is 2.88. The molecule has 0 bridgehead atoms. The lowest BCUT2D eigenvalue weighted by molar-refractivity contribution is 0.0162. The summed E-state index contributed by atoms with van der Waals surface area (Å²) in [5.41, 5.74) is 1.36. The zero-order chi connectivity index (χ0) is 19.5. The molecule has 1 saturated heterocycles. The Kier molecular flexibility index (Phi) is 6.34. The fourth-order valence-corrected chi connectivity index (χ4v) is 3.82. The summed E-state index contributed by atoms with van der Waals surface area (Å²) >= 11 is 0. The number of rotatable bonds is 3. The van der Waals surface area contributed by atoms with Crippen molar-refractivity contribution in [2.24, 2.45) is 0 Å². The van der Waals surface area contributed by atoms with E-state index in [9.17, 15) is 13.2 Å². The number of urea groups is 1. The molecule has 26 heavy (non-hydrogen) atoms. The van der Waals surface area contributed by atoms with Gasteiger partial charge in [0.15, 0.2) is 9.84 Å². The van der Waals surface area contributed by atoms with Crippen molar-refractivity contribution >= 4 is 21.6 Å². The number of nitrogens with zero attached hydrogens (tertiary/aromatic N) is 1. The maximum Gasteiger partial charge on any atom is 0.321 e. The predicted octanol–water partition coefficient (Wildman–Crippen LogP) is 3.43. The lowest BCUT2D eigenvalue weighted by atomic mass is 10.2. The van der Waals surface area contributed by atoms with Crippen molar-refractivity contribution in [2.75, 3.05) is 18.4 Å². The lowest BCUT2D eigenvalue weighted by Gasteiger charge is -2.22. The zero-order valence-electron chi connectivity index (χ0n) is 16.3. The minimum Gasteiger partial charge on any atom is -0.374 e. The van der Waals surface area contributed by atoms with E-state index in [4.69, 9.17) is 4.74 Å². The van der Waals surface area contributed by atoms with Crippen LogP contribution in [0.25, 0.3) is 0 Å². The minimum absolute atomic E-state index is 0.00299. The maximum atomic E-state index is 12.5. The van der Waals surface area contributed by atoms with Gasteiger partial charge in [-0.1, -0.05) is 12.1 Å². The van der Waals surface area contributed by atoms with E-state index in [0.717, 1.165) is 6.42 Å². The van der Waals surface area contributed by atoms with E-state index in [1.54, 1.807) is 49.9 Å². The van der Waals surface area contributed by atoms with Crippen molar-refractivity contribution in [3.63, 3.8) is 0 Å². The first-order chi connectivity index (χ1) is 12.0. The molecule has 1 fully saturated rings. The van der Waals surface area contributed by atoms with Gasteiger partial charge in [-0.3, -0.25) is 0 Å². The van der Waals surface area contributed by atoms with Gasteiger partial charge in [-0.2, -0.15) is 0 Å². The first-order valence-electron chi connectivity index (χ1n) is 9.00.